The van der Waals surface area contributed by atoms with E-state index >= 15 is 0 Å². The third kappa shape index (κ3) is 2.70. The predicted molar refractivity (Wildman–Crippen MR) is 44.2 cm³/mol. The standard InChI is InChI=1S/C8H15NO3/c1-2-12-7-4-3-6(5-7)9-8(10)11/h6-7,9H,2-5H2,1H3,(H,10,11)/t6-,7-/m1/s1. The van der Waals surface area contributed by atoms with Crippen LogP contribution >= 0.6 is 0 Å². The molecular weight excluding hydrogens is 158 g/mol. The van der Waals surface area contributed by atoms with E-state index in [9.17, 15) is 4.79 Å². The molecule has 0 bridgehead atoms. The van der Waals surface area contributed by atoms with Gasteiger partial charge in [0.25, 0.3) is 0 Å². The van der Waals surface area contributed by atoms with Gasteiger partial charge in [0.05, 0.1) is 6.10 Å². The Morgan fingerprint density at radius 3 is 3.00 bits per heavy atom. The zero-order valence-corrected chi connectivity index (χ0v) is 7.25. The molecule has 0 aromatic carbocycles. The van der Waals surface area contributed by atoms with E-state index in [2.05, 4.69) is 5.32 Å². The van der Waals surface area contributed by atoms with Crippen LogP contribution in [0.1, 0.15) is 26.2 Å². The highest BCUT2D eigenvalue weighted by atomic mass is 16.5. The normalized spacial score (nSPS) is 28.8. The van der Waals surface area contributed by atoms with Gasteiger partial charge in [-0.25, -0.2) is 4.79 Å². The van der Waals surface area contributed by atoms with Crippen LogP contribution in [0.5, 0.6) is 0 Å². The van der Waals surface area contributed by atoms with Gasteiger partial charge in [0, 0.05) is 12.6 Å². The molecule has 0 heterocycles. The van der Waals surface area contributed by atoms with E-state index in [1.54, 1.807) is 0 Å². The topological polar surface area (TPSA) is 58.6 Å². The molecule has 4 nitrogen and oxygen atoms in total. The lowest BCUT2D eigenvalue weighted by Gasteiger charge is -2.10. The Bertz CT molecular complexity index is 160. The van der Waals surface area contributed by atoms with Crippen LogP contribution < -0.4 is 5.32 Å². The molecule has 0 aromatic heterocycles. The minimum atomic E-state index is -0.933. The van der Waals surface area contributed by atoms with Crippen molar-refractivity contribution >= 4 is 6.09 Å². The van der Waals surface area contributed by atoms with Gasteiger partial charge in [0.1, 0.15) is 0 Å². The molecule has 1 rings (SSSR count). The van der Waals surface area contributed by atoms with Crippen molar-refractivity contribution in [1.82, 2.24) is 5.32 Å². The Kier molecular flexibility index (Phi) is 3.34. The number of rotatable bonds is 3. The number of carbonyl (C=O) groups is 1. The van der Waals surface area contributed by atoms with Crippen LogP contribution in [0, 0.1) is 0 Å². The van der Waals surface area contributed by atoms with E-state index in [0.29, 0.717) is 6.61 Å². The average molecular weight is 173 g/mol. The van der Waals surface area contributed by atoms with E-state index in [-0.39, 0.29) is 12.1 Å². The van der Waals surface area contributed by atoms with Crippen molar-refractivity contribution in [2.24, 2.45) is 0 Å². The quantitative estimate of drug-likeness (QED) is 0.674. The van der Waals surface area contributed by atoms with Gasteiger partial charge in [-0.05, 0) is 26.2 Å². The lowest BCUT2D eigenvalue weighted by molar-refractivity contribution is 0.0667. The van der Waals surface area contributed by atoms with Gasteiger partial charge in [0.15, 0.2) is 0 Å². The summed E-state index contributed by atoms with van der Waals surface area (Å²) in [5.41, 5.74) is 0. The van der Waals surface area contributed by atoms with Crippen LogP contribution in [0.2, 0.25) is 0 Å². The van der Waals surface area contributed by atoms with E-state index in [1.807, 2.05) is 6.92 Å². The molecule has 1 saturated carbocycles. The first-order valence-corrected chi connectivity index (χ1v) is 4.33. The number of hydrogen-bond acceptors (Lipinski definition) is 2. The van der Waals surface area contributed by atoms with E-state index in [0.717, 1.165) is 19.3 Å². The second-order valence-electron chi connectivity index (χ2n) is 3.04. The number of nitrogens with one attached hydrogen (secondary N) is 1. The van der Waals surface area contributed by atoms with Crippen molar-refractivity contribution in [1.29, 1.82) is 0 Å². The molecule has 0 aromatic rings. The third-order valence-corrected chi connectivity index (χ3v) is 2.11. The fourth-order valence-corrected chi connectivity index (χ4v) is 1.63. The van der Waals surface area contributed by atoms with Crippen molar-refractivity contribution in [2.75, 3.05) is 6.61 Å². The Morgan fingerprint density at radius 1 is 1.67 bits per heavy atom. The highest BCUT2D eigenvalue weighted by Crippen LogP contribution is 2.21. The molecule has 70 valence electrons. The van der Waals surface area contributed by atoms with Crippen molar-refractivity contribution < 1.29 is 14.6 Å². The lowest BCUT2D eigenvalue weighted by Crippen LogP contribution is -2.31. The Hall–Kier alpha value is -0.770. The van der Waals surface area contributed by atoms with Gasteiger partial charge in [-0.15, -0.1) is 0 Å². The summed E-state index contributed by atoms with van der Waals surface area (Å²) in [4.78, 5) is 10.3. The fourth-order valence-electron chi connectivity index (χ4n) is 1.63. The maximum atomic E-state index is 10.3. The van der Waals surface area contributed by atoms with Crippen molar-refractivity contribution in [3.8, 4) is 0 Å². The van der Waals surface area contributed by atoms with Gasteiger partial charge in [-0.2, -0.15) is 0 Å². The summed E-state index contributed by atoms with van der Waals surface area (Å²) in [6, 6.07) is 0.0963. The average Bonchev–Trinajstić information content (AvgIpc) is 2.36. The van der Waals surface area contributed by atoms with E-state index in [4.69, 9.17) is 9.84 Å². The van der Waals surface area contributed by atoms with Gasteiger partial charge in [-0.3, -0.25) is 0 Å². The van der Waals surface area contributed by atoms with Crippen LogP contribution in [-0.4, -0.2) is 30.0 Å². The molecule has 0 unspecified atom stereocenters. The second-order valence-corrected chi connectivity index (χ2v) is 3.04. The first-order valence-electron chi connectivity index (χ1n) is 4.33. The highest BCUT2D eigenvalue weighted by molar-refractivity contribution is 5.64. The first-order chi connectivity index (χ1) is 5.72. The summed E-state index contributed by atoms with van der Waals surface area (Å²) >= 11 is 0. The molecule has 1 amide bonds. The molecule has 1 aliphatic rings. The van der Waals surface area contributed by atoms with Crippen molar-refractivity contribution in [2.45, 2.75) is 38.3 Å². The number of carboxylic acid groups (broad SMARTS) is 1. The Balaban J connectivity index is 2.21. The summed E-state index contributed by atoms with van der Waals surface area (Å²) in [6.45, 7) is 2.67. The first kappa shape index (κ1) is 9.32. The maximum absolute atomic E-state index is 10.3. The van der Waals surface area contributed by atoms with Gasteiger partial charge < -0.3 is 15.2 Å². The smallest absolute Gasteiger partial charge is 0.404 e. The minimum absolute atomic E-state index is 0.0963. The van der Waals surface area contributed by atoms with Gasteiger partial charge in [0.2, 0.25) is 0 Å². The van der Waals surface area contributed by atoms with Gasteiger partial charge in [-0.1, -0.05) is 0 Å². The highest BCUT2D eigenvalue weighted by Gasteiger charge is 2.25. The monoisotopic (exact) mass is 173 g/mol. The zero-order valence-electron chi connectivity index (χ0n) is 7.25. The Labute approximate surface area is 71.9 Å². The third-order valence-electron chi connectivity index (χ3n) is 2.11. The van der Waals surface area contributed by atoms with Crippen LogP contribution in [0.25, 0.3) is 0 Å². The van der Waals surface area contributed by atoms with Crippen LogP contribution in [0.15, 0.2) is 0 Å². The van der Waals surface area contributed by atoms with E-state index in [1.165, 1.54) is 0 Å². The summed E-state index contributed by atoms with van der Waals surface area (Å²) in [5.74, 6) is 0. The molecule has 0 aliphatic heterocycles. The Morgan fingerprint density at radius 2 is 2.42 bits per heavy atom. The van der Waals surface area contributed by atoms with Crippen LogP contribution in [-0.2, 0) is 4.74 Å². The van der Waals surface area contributed by atoms with Crippen LogP contribution in [0.4, 0.5) is 4.79 Å². The molecule has 0 spiro atoms. The predicted octanol–water partition coefficient (Wildman–Crippen LogP) is 1.21. The summed E-state index contributed by atoms with van der Waals surface area (Å²) in [5, 5.41) is 10.9. The summed E-state index contributed by atoms with van der Waals surface area (Å²) < 4.78 is 5.38. The molecule has 4 heteroatoms. The molecule has 2 atom stereocenters. The molecule has 0 radical (unpaired) electrons. The maximum Gasteiger partial charge on any atom is 0.404 e. The molecule has 2 N–H and O–H groups in total. The molecular formula is C8H15NO3. The van der Waals surface area contributed by atoms with E-state index < -0.39 is 6.09 Å². The second kappa shape index (κ2) is 4.30. The summed E-state index contributed by atoms with van der Waals surface area (Å²) in [7, 11) is 0. The fraction of sp³-hybridized carbons (Fsp3) is 0.875. The number of amides is 1. The molecule has 1 fully saturated rings. The lowest BCUT2D eigenvalue weighted by atomic mass is 10.2. The largest absolute Gasteiger partial charge is 0.465 e. The summed E-state index contributed by atoms with van der Waals surface area (Å²) in [6.07, 6.45) is 2.01. The van der Waals surface area contributed by atoms with Crippen molar-refractivity contribution in [3.63, 3.8) is 0 Å². The molecule has 1 aliphatic carbocycles. The SMILES string of the molecule is CCO[C@@H]1CC[C@@H](NC(=O)O)C1. The van der Waals surface area contributed by atoms with Crippen molar-refractivity contribution in [3.05, 3.63) is 0 Å². The van der Waals surface area contributed by atoms with Crippen LogP contribution in [0.3, 0.4) is 0 Å². The molecule has 12 heavy (non-hydrogen) atoms. The number of hydrogen-bond donors (Lipinski definition) is 2. The van der Waals surface area contributed by atoms with Gasteiger partial charge >= 0.3 is 6.09 Å². The number of ether oxygens (including phenoxy) is 1. The zero-order chi connectivity index (χ0) is 8.97. The minimum Gasteiger partial charge on any atom is -0.465 e. The molecule has 0 saturated heterocycles.